The summed E-state index contributed by atoms with van der Waals surface area (Å²) in [6, 6.07) is 0. The average molecular weight is 343 g/mol. The highest BCUT2D eigenvalue weighted by atomic mass is 31.1. The molecule has 0 unspecified atom stereocenters. The van der Waals surface area contributed by atoms with Crippen LogP contribution in [0.1, 0.15) is 34.6 Å². The highest BCUT2D eigenvalue weighted by Crippen LogP contribution is 2.30. The van der Waals surface area contributed by atoms with Crippen LogP contribution < -0.4 is 0 Å². The Morgan fingerprint density at radius 1 is 1.04 bits per heavy atom. The second-order valence-electron chi connectivity index (χ2n) is 5.90. The van der Waals surface area contributed by atoms with Crippen LogP contribution in [0.5, 0.6) is 0 Å². The number of ether oxygens (including phenoxy) is 2. The Balaban J connectivity index is 6.31. The summed E-state index contributed by atoms with van der Waals surface area (Å²) in [4.78, 5) is 37.5. The number of carbonyl (C=O) groups is 3. The lowest BCUT2D eigenvalue weighted by molar-refractivity contribution is -0.141. The zero-order valence-corrected chi connectivity index (χ0v) is 15.8. The fraction of sp³-hybridized carbons (Fsp3) is 0.625. The van der Waals surface area contributed by atoms with E-state index in [2.05, 4.69) is 0 Å². The molecule has 0 aliphatic rings. The quantitative estimate of drug-likeness (QED) is 0.176. The molecule has 0 fully saturated rings. The molecule has 6 nitrogen and oxygen atoms in total. The fourth-order valence-corrected chi connectivity index (χ4v) is 3.04. The predicted molar refractivity (Wildman–Crippen MR) is 91.4 cm³/mol. The molecule has 130 valence electrons. The van der Waals surface area contributed by atoms with Gasteiger partial charge in [-0.1, -0.05) is 20.8 Å². The summed E-state index contributed by atoms with van der Waals surface area (Å²) in [5.74, 6) is -1.50. The summed E-state index contributed by atoms with van der Waals surface area (Å²) in [5, 5.41) is -0.000995. The summed E-state index contributed by atoms with van der Waals surface area (Å²) in [6.07, 6.45) is 0.354. The van der Waals surface area contributed by atoms with E-state index in [1.165, 1.54) is 0 Å². The van der Waals surface area contributed by atoms with E-state index >= 15 is 0 Å². The summed E-state index contributed by atoms with van der Waals surface area (Å²) in [5.41, 5.74) is 0.311. The third-order valence-electron chi connectivity index (χ3n) is 2.65. The molecule has 23 heavy (non-hydrogen) atoms. The van der Waals surface area contributed by atoms with E-state index in [0.717, 1.165) is 5.42 Å². The fourth-order valence-electron chi connectivity index (χ4n) is 1.87. The van der Waals surface area contributed by atoms with Gasteiger partial charge in [-0.05, 0) is 36.1 Å². The molecule has 0 saturated carbocycles. The minimum atomic E-state index is -0.815. The van der Waals surface area contributed by atoms with Gasteiger partial charge in [0.05, 0.1) is 13.2 Å². The van der Waals surface area contributed by atoms with E-state index in [9.17, 15) is 14.4 Å². The summed E-state index contributed by atoms with van der Waals surface area (Å²) < 4.78 is 9.87. The van der Waals surface area contributed by atoms with Crippen LogP contribution in [-0.2, 0) is 23.9 Å². The molecule has 0 aromatic rings. The lowest BCUT2D eigenvalue weighted by Crippen LogP contribution is -2.33. The maximum atomic E-state index is 12.3. The van der Waals surface area contributed by atoms with E-state index in [4.69, 9.17) is 9.47 Å². The first kappa shape index (κ1) is 21.5. The predicted octanol–water partition coefficient (Wildman–Crippen LogP) is 2.25. The number of carbonyl (C=O) groups excluding carboxylic acids is 3. The van der Waals surface area contributed by atoms with Crippen LogP contribution in [0.4, 0.5) is 0 Å². The summed E-state index contributed by atoms with van der Waals surface area (Å²) >= 11 is 0. The summed E-state index contributed by atoms with van der Waals surface area (Å²) in [7, 11) is 4.14. The van der Waals surface area contributed by atoms with E-state index in [1.54, 1.807) is 13.8 Å². The van der Waals surface area contributed by atoms with E-state index in [-0.39, 0.29) is 29.5 Å². The third-order valence-corrected chi connectivity index (χ3v) is 4.58. The largest absolute Gasteiger partial charge is 0.462 e. The van der Waals surface area contributed by atoms with Crippen LogP contribution in [-0.4, -0.2) is 55.9 Å². The van der Waals surface area contributed by atoms with Gasteiger partial charge < -0.3 is 9.47 Å². The molecule has 0 atom stereocenters. The minimum absolute atomic E-state index is 0.000995. The Bertz CT molecular complexity index is 515. The Morgan fingerprint density at radius 2 is 1.52 bits per heavy atom. The molecule has 0 aromatic heterocycles. The molecule has 0 amide bonds. The third kappa shape index (κ3) is 6.63. The van der Waals surface area contributed by atoms with E-state index in [1.807, 2.05) is 39.8 Å². The second kappa shape index (κ2) is 9.58. The highest BCUT2D eigenvalue weighted by molar-refractivity contribution is 7.47. The van der Waals surface area contributed by atoms with Crippen molar-refractivity contribution in [3.8, 4) is 0 Å². The maximum Gasteiger partial charge on any atom is 0.343 e. The van der Waals surface area contributed by atoms with Crippen molar-refractivity contribution in [2.24, 2.45) is 5.41 Å². The van der Waals surface area contributed by atoms with Crippen LogP contribution in [0, 0.1) is 5.41 Å². The number of hydrogen-bond donors (Lipinski definition) is 0. The van der Waals surface area contributed by atoms with Gasteiger partial charge in [0, 0.05) is 10.8 Å². The van der Waals surface area contributed by atoms with Crippen molar-refractivity contribution in [3.63, 3.8) is 0 Å². The van der Waals surface area contributed by atoms with Crippen molar-refractivity contribution in [1.29, 1.82) is 0 Å². The number of hydrogen-bond acceptors (Lipinski definition) is 5. The van der Waals surface area contributed by atoms with Gasteiger partial charge in [-0.2, -0.15) is 0 Å². The Hall–Kier alpha value is -1.52. The number of esters is 2. The Labute approximate surface area is 139 Å². The van der Waals surface area contributed by atoms with Crippen molar-refractivity contribution >= 4 is 31.8 Å². The van der Waals surface area contributed by atoms with Crippen LogP contribution in [0.15, 0.2) is 10.9 Å². The molecule has 0 aromatic carbocycles. The molecule has 0 spiro atoms. The molecule has 0 aliphatic heterocycles. The van der Waals surface area contributed by atoms with Crippen molar-refractivity contribution in [2.75, 3.05) is 27.3 Å². The lowest BCUT2D eigenvalue weighted by Gasteiger charge is -2.28. The number of rotatable bonds is 7. The maximum absolute atomic E-state index is 12.3. The second-order valence-corrected chi connectivity index (χ2v) is 7.00. The van der Waals surface area contributed by atoms with Crippen molar-refractivity contribution in [1.82, 2.24) is 4.90 Å². The van der Waals surface area contributed by atoms with Gasteiger partial charge in [0.15, 0.2) is 6.29 Å². The minimum Gasteiger partial charge on any atom is -0.462 e. The van der Waals surface area contributed by atoms with Gasteiger partial charge in [0.2, 0.25) is 0 Å². The van der Waals surface area contributed by atoms with Crippen molar-refractivity contribution in [2.45, 2.75) is 34.6 Å². The molecule has 0 saturated heterocycles. The van der Waals surface area contributed by atoms with Gasteiger partial charge in [-0.15, -0.1) is 0 Å². The Kier molecular flexibility index (Phi) is 8.95. The first-order valence-corrected chi connectivity index (χ1v) is 8.29. The van der Waals surface area contributed by atoms with Crippen LogP contribution in [0.25, 0.3) is 0 Å². The van der Waals surface area contributed by atoms with Gasteiger partial charge in [-0.25, -0.2) is 9.59 Å². The summed E-state index contributed by atoms with van der Waals surface area (Å²) in [6.45, 7) is 9.54. The Morgan fingerprint density at radius 3 is 1.87 bits per heavy atom. The molecular formula is C16H26NO5P. The van der Waals surface area contributed by atoms with Gasteiger partial charge >= 0.3 is 11.9 Å². The molecule has 0 aliphatic carbocycles. The normalized spacial score (nSPS) is 13.5. The average Bonchev–Trinajstić information content (AvgIpc) is 2.41. The van der Waals surface area contributed by atoms with E-state index < -0.39 is 11.9 Å². The molecule has 0 N–H and O–H groups in total. The monoisotopic (exact) mass is 343 g/mol. The highest BCUT2D eigenvalue weighted by Gasteiger charge is 2.26. The smallest absolute Gasteiger partial charge is 0.343 e. The first-order chi connectivity index (χ1) is 10.6. The van der Waals surface area contributed by atoms with Gasteiger partial charge in [-0.3, -0.25) is 9.69 Å². The molecule has 0 rings (SSSR count). The lowest BCUT2D eigenvalue weighted by atomic mass is 9.96. The van der Waals surface area contributed by atoms with Crippen molar-refractivity contribution < 1.29 is 23.9 Å². The number of aldehydes is 1. The van der Waals surface area contributed by atoms with E-state index in [0.29, 0.717) is 14.5 Å². The molecule has 0 bridgehead atoms. The molecule has 0 radical (unpaired) electrons. The van der Waals surface area contributed by atoms with Crippen LogP contribution >= 0.6 is 8.20 Å². The van der Waals surface area contributed by atoms with Crippen molar-refractivity contribution in [3.05, 3.63) is 10.9 Å². The van der Waals surface area contributed by atoms with Gasteiger partial charge in [0.25, 0.3) is 0 Å². The SMILES string of the molecule is CCOC(=O)/C(C=O)=C(\P=C(N(C)C)C(C)(C)C)C(=O)OCC. The van der Waals surface area contributed by atoms with Crippen LogP contribution in [0.3, 0.4) is 0 Å². The zero-order chi connectivity index (χ0) is 18.2. The molecule has 7 heteroatoms. The standard InChI is InChI=1S/C16H26NO5P/c1-8-21-13(19)11(10-18)12(14(20)22-9-2)23-15(17(6)7)16(3,4)5/h10H,8-9H2,1-7H3/b12-11-. The van der Waals surface area contributed by atoms with Crippen LogP contribution in [0.2, 0.25) is 0 Å². The number of nitrogens with zero attached hydrogens (tertiary/aromatic N) is 1. The molecule has 0 heterocycles. The first-order valence-electron chi connectivity index (χ1n) is 7.40. The molecular weight excluding hydrogens is 317 g/mol. The zero-order valence-electron chi connectivity index (χ0n) is 14.9. The topological polar surface area (TPSA) is 72.9 Å². The van der Waals surface area contributed by atoms with Gasteiger partial charge in [0.1, 0.15) is 10.9 Å².